The van der Waals surface area contributed by atoms with Crippen LogP contribution in [-0.2, 0) is 16.1 Å². The van der Waals surface area contributed by atoms with Gasteiger partial charge in [-0.1, -0.05) is 36.8 Å². The van der Waals surface area contributed by atoms with Crippen LogP contribution in [0.15, 0.2) is 48.5 Å². The summed E-state index contributed by atoms with van der Waals surface area (Å²) in [7, 11) is 3.17. The van der Waals surface area contributed by atoms with Gasteiger partial charge in [0.2, 0.25) is 5.91 Å². The quantitative estimate of drug-likeness (QED) is 0.722. The molecule has 2 aromatic rings. The number of hydrogen-bond donors (Lipinski definition) is 1. The predicted molar refractivity (Wildman–Crippen MR) is 108 cm³/mol. The summed E-state index contributed by atoms with van der Waals surface area (Å²) < 4.78 is 10.8. The van der Waals surface area contributed by atoms with Crippen LogP contribution < -0.4 is 14.8 Å². The van der Waals surface area contributed by atoms with Crippen molar-refractivity contribution in [2.24, 2.45) is 0 Å². The van der Waals surface area contributed by atoms with Crippen molar-refractivity contribution in [3.05, 3.63) is 59.7 Å². The Hall–Kier alpha value is -3.02. The van der Waals surface area contributed by atoms with Gasteiger partial charge >= 0.3 is 0 Å². The minimum Gasteiger partial charge on any atom is -0.497 e. The smallest absolute Gasteiger partial charge is 0.261 e. The first-order chi connectivity index (χ1) is 13.5. The zero-order chi connectivity index (χ0) is 20.5. The molecule has 6 heteroatoms. The number of rotatable bonds is 9. The van der Waals surface area contributed by atoms with E-state index >= 15 is 0 Å². The van der Waals surface area contributed by atoms with Gasteiger partial charge in [0.1, 0.15) is 17.5 Å². The lowest BCUT2D eigenvalue weighted by molar-refractivity contribution is -0.142. The predicted octanol–water partition coefficient (Wildman–Crippen LogP) is 2.94. The number of nitrogens with one attached hydrogen (secondary N) is 1. The average molecular weight is 384 g/mol. The highest BCUT2D eigenvalue weighted by molar-refractivity contribution is 5.88. The Labute approximate surface area is 166 Å². The molecule has 0 unspecified atom stereocenters. The van der Waals surface area contributed by atoms with Crippen LogP contribution in [0.3, 0.4) is 0 Å². The molecule has 2 rings (SSSR count). The maximum absolute atomic E-state index is 12.9. The summed E-state index contributed by atoms with van der Waals surface area (Å²) in [6.07, 6.45) is 0.514. The Morgan fingerprint density at radius 2 is 1.64 bits per heavy atom. The van der Waals surface area contributed by atoms with E-state index in [0.29, 0.717) is 24.5 Å². The lowest BCUT2D eigenvalue weighted by atomic mass is 10.1. The molecular weight excluding hydrogens is 356 g/mol. The third kappa shape index (κ3) is 5.74. The summed E-state index contributed by atoms with van der Waals surface area (Å²) in [6.45, 7) is 4.09. The maximum atomic E-state index is 12.9. The van der Waals surface area contributed by atoms with Crippen molar-refractivity contribution < 1.29 is 19.1 Å². The van der Waals surface area contributed by atoms with E-state index in [9.17, 15) is 9.59 Å². The van der Waals surface area contributed by atoms with Crippen LogP contribution in [0.25, 0.3) is 0 Å². The fourth-order valence-corrected chi connectivity index (χ4v) is 2.88. The molecule has 1 N–H and O–H groups in total. The molecule has 0 aliphatic heterocycles. The highest BCUT2D eigenvalue weighted by atomic mass is 16.5. The number of carbonyl (C=O) groups excluding carboxylic acids is 2. The number of likely N-dealkylation sites (N-methyl/N-ethyl adjacent to an activating group) is 1. The van der Waals surface area contributed by atoms with Crippen LogP contribution in [0.5, 0.6) is 11.5 Å². The van der Waals surface area contributed by atoms with Gasteiger partial charge in [-0.05, 0) is 43.2 Å². The zero-order valence-electron chi connectivity index (χ0n) is 16.9. The molecule has 1 atom stereocenters. The highest BCUT2D eigenvalue weighted by Crippen LogP contribution is 2.18. The molecule has 0 saturated heterocycles. The zero-order valence-corrected chi connectivity index (χ0v) is 16.9. The molecular formula is C22H28N2O4. The summed E-state index contributed by atoms with van der Waals surface area (Å²) >= 11 is 0. The van der Waals surface area contributed by atoms with Crippen molar-refractivity contribution >= 4 is 11.8 Å². The number of carbonyl (C=O) groups is 2. The molecule has 0 radical (unpaired) electrons. The van der Waals surface area contributed by atoms with Gasteiger partial charge in [-0.3, -0.25) is 9.59 Å². The standard InChI is InChI=1S/C22H28N2O4/c1-5-20(22(26)23-3)24(14-17-8-6-16(2)7-9-17)21(25)15-28-19-12-10-18(27-4)11-13-19/h6-13,20H,5,14-15H2,1-4H3,(H,23,26)/t20-/m1/s1. The van der Waals surface area contributed by atoms with Gasteiger partial charge in [-0.15, -0.1) is 0 Å². The summed E-state index contributed by atoms with van der Waals surface area (Å²) in [5, 5.41) is 2.65. The van der Waals surface area contributed by atoms with Crippen molar-refractivity contribution in [3.8, 4) is 11.5 Å². The molecule has 0 aliphatic carbocycles. The maximum Gasteiger partial charge on any atom is 0.261 e. The number of methoxy groups -OCH3 is 1. The van der Waals surface area contributed by atoms with Crippen molar-refractivity contribution in [1.29, 1.82) is 0 Å². The van der Waals surface area contributed by atoms with Gasteiger partial charge in [0.15, 0.2) is 6.61 Å². The molecule has 28 heavy (non-hydrogen) atoms. The fourth-order valence-electron chi connectivity index (χ4n) is 2.88. The van der Waals surface area contributed by atoms with Crippen molar-refractivity contribution in [2.75, 3.05) is 20.8 Å². The van der Waals surface area contributed by atoms with Crippen LogP contribution in [-0.4, -0.2) is 43.5 Å². The Bertz CT molecular complexity index is 772. The summed E-state index contributed by atoms with van der Waals surface area (Å²) in [5.74, 6) is 0.849. The molecule has 0 saturated carbocycles. The van der Waals surface area contributed by atoms with Crippen LogP contribution in [0.2, 0.25) is 0 Å². The Morgan fingerprint density at radius 1 is 1.04 bits per heavy atom. The molecule has 0 aromatic heterocycles. The van der Waals surface area contributed by atoms with Gasteiger partial charge in [0, 0.05) is 13.6 Å². The lowest BCUT2D eigenvalue weighted by Crippen LogP contribution is -2.49. The first-order valence-electron chi connectivity index (χ1n) is 9.32. The number of amides is 2. The van der Waals surface area contributed by atoms with Crippen LogP contribution in [0.4, 0.5) is 0 Å². The van der Waals surface area contributed by atoms with E-state index in [1.54, 1.807) is 43.3 Å². The number of aryl methyl sites for hydroxylation is 1. The normalized spacial score (nSPS) is 11.4. The van der Waals surface area contributed by atoms with Gasteiger partial charge < -0.3 is 19.7 Å². The third-order valence-corrected chi connectivity index (χ3v) is 4.53. The Morgan fingerprint density at radius 3 is 2.18 bits per heavy atom. The number of benzene rings is 2. The second kappa shape index (κ2) is 10.3. The monoisotopic (exact) mass is 384 g/mol. The molecule has 0 aliphatic rings. The van der Waals surface area contributed by atoms with Crippen LogP contribution in [0.1, 0.15) is 24.5 Å². The third-order valence-electron chi connectivity index (χ3n) is 4.53. The van der Waals surface area contributed by atoms with E-state index in [0.717, 1.165) is 11.1 Å². The van der Waals surface area contributed by atoms with E-state index in [-0.39, 0.29) is 18.4 Å². The first kappa shape index (κ1) is 21.3. The van der Waals surface area contributed by atoms with E-state index in [1.807, 2.05) is 38.1 Å². The largest absolute Gasteiger partial charge is 0.497 e. The SMILES string of the molecule is CC[C@H](C(=O)NC)N(Cc1ccc(C)cc1)C(=O)COc1ccc(OC)cc1. The molecule has 0 spiro atoms. The van der Waals surface area contributed by atoms with Crippen molar-refractivity contribution in [1.82, 2.24) is 10.2 Å². The topological polar surface area (TPSA) is 67.9 Å². The molecule has 0 heterocycles. The summed E-state index contributed by atoms with van der Waals surface area (Å²) in [5.41, 5.74) is 2.11. The fraction of sp³-hybridized carbons (Fsp3) is 0.364. The van der Waals surface area contributed by atoms with E-state index in [1.165, 1.54) is 0 Å². The molecule has 6 nitrogen and oxygen atoms in total. The Balaban J connectivity index is 2.14. The van der Waals surface area contributed by atoms with E-state index in [4.69, 9.17) is 9.47 Å². The molecule has 0 fully saturated rings. The molecule has 0 bridgehead atoms. The summed E-state index contributed by atoms with van der Waals surface area (Å²) in [6, 6.07) is 14.4. The second-order valence-electron chi connectivity index (χ2n) is 6.51. The van der Waals surface area contributed by atoms with Crippen LogP contribution in [0, 0.1) is 6.92 Å². The average Bonchev–Trinajstić information content (AvgIpc) is 2.73. The van der Waals surface area contributed by atoms with E-state index < -0.39 is 6.04 Å². The summed E-state index contributed by atoms with van der Waals surface area (Å²) in [4.78, 5) is 26.8. The van der Waals surface area contributed by atoms with Gasteiger partial charge in [0.25, 0.3) is 5.91 Å². The highest BCUT2D eigenvalue weighted by Gasteiger charge is 2.28. The van der Waals surface area contributed by atoms with Crippen molar-refractivity contribution in [2.45, 2.75) is 32.9 Å². The van der Waals surface area contributed by atoms with E-state index in [2.05, 4.69) is 5.32 Å². The van der Waals surface area contributed by atoms with Crippen LogP contribution >= 0.6 is 0 Å². The number of hydrogen-bond acceptors (Lipinski definition) is 4. The second-order valence-corrected chi connectivity index (χ2v) is 6.51. The molecule has 2 aromatic carbocycles. The molecule has 2 amide bonds. The minimum atomic E-state index is -0.557. The first-order valence-corrected chi connectivity index (χ1v) is 9.32. The van der Waals surface area contributed by atoms with Crippen molar-refractivity contribution in [3.63, 3.8) is 0 Å². The van der Waals surface area contributed by atoms with Gasteiger partial charge in [-0.25, -0.2) is 0 Å². The molecule has 150 valence electrons. The minimum absolute atomic E-state index is 0.147. The number of ether oxygens (including phenoxy) is 2. The lowest BCUT2D eigenvalue weighted by Gasteiger charge is -2.30. The number of nitrogens with zero attached hydrogens (tertiary/aromatic N) is 1. The Kier molecular flexibility index (Phi) is 7.87. The van der Waals surface area contributed by atoms with Gasteiger partial charge in [-0.2, -0.15) is 0 Å². The van der Waals surface area contributed by atoms with Gasteiger partial charge in [0.05, 0.1) is 7.11 Å².